The number of methoxy groups -OCH3 is 1. The van der Waals surface area contributed by atoms with E-state index in [2.05, 4.69) is 0 Å². The topological polar surface area (TPSA) is 89.1 Å². The first-order chi connectivity index (χ1) is 11.8. The predicted octanol–water partition coefficient (Wildman–Crippen LogP) is 3.55. The Morgan fingerprint density at radius 3 is 2.64 bits per heavy atom. The third-order valence-corrected chi connectivity index (χ3v) is 4.24. The van der Waals surface area contributed by atoms with Gasteiger partial charge in [-0.25, -0.2) is 0 Å². The fourth-order valence-corrected chi connectivity index (χ4v) is 2.99. The molecule has 6 nitrogen and oxygen atoms in total. The molecule has 0 bridgehead atoms. The summed E-state index contributed by atoms with van der Waals surface area (Å²) in [6.07, 6.45) is 3.63. The molecule has 128 valence electrons. The highest BCUT2D eigenvalue weighted by Gasteiger charge is 2.27. The van der Waals surface area contributed by atoms with Crippen LogP contribution >= 0.6 is 0 Å². The molecule has 0 spiro atoms. The summed E-state index contributed by atoms with van der Waals surface area (Å²) in [5.74, 6) is 0.112. The molecule has 1 aliphatic heterocycles. The average Bonchev–Trinajstić information content (AvgIpc) is 2.56. The molecule has 0 radical (unpaired) electrons. The van der Waals surface area contributed by atoms with Crippen molar-refractivity contribution < 1.29 is 24.1 Å². The number of phenolic OH excluding ortho intramolecular Hbond substituents is 2. The van der Waals surface area contributed by atoms with Gasteiger partial charge in [-0.2, -0.15) is 0 Å². The van der Waals surface area contributed by atoms with Crippen molar-refractivity contribution in [2.24, 2.45) is 0 Å². The van der Waals surface area contributed by atoms with Gasteiger partial charge in [-0.15, -0.1) is 0 Å². The van der Waals surface area contributed by atoms with E-state index in [4.69, 9.17) is 13.9 Å². The van der Waals surface area contributed by atoms with Crippen molar-refractivity contribution in [1.29, 1.82) is 0 Å². The maximum atomic E-state index is 12.8. The lowest BCUT2D eigenvalue weighted by Gasteiger charge is -2.28. The molecule has 2 N–H and O–H groups in total. The minimum Gasteiger partial charge on any atom is -0.507 e. The Morgan fingerprint density at radius 1 is 1.16 bits per heavy atom. The van der Waals surface area contributed by atoms with Crippen LogP contribution in [0.3, 0.4) is 0 Å². The number of rotatable bonds is 1. The highest BCUT2D eigenvalue weighted by molar-refractivity contribution is 5.98. The Morgan fingerprint density at radius 2 is 1.92 bits per heavy atom. The zero-order valence-corrected chi connectivity index (χ0v) is 13.9. The summed E-state index contributed by atoms with van der Waals surface area (Å²) in [5.41, 5.74) is -0.321. The van der Waals surface area contributed by atoms with Gasteiger partial charge in [0.2, 0.25) is 11.2 Å². The summed E-state index contributed by atoms with van der Waals surface area (Å²) in [4.78, 5) is 12.8. The third-order valence-electron chi connectivity index (χ3n) is 4.24. The number of hydrogen-bond acceptors (Lipinski definition) is 6. The summed E-state index contributed by atoms with van der Waals surface area (Å²) in [6, 6.07) is 4.42. The van der Waals surface area contributed by atoms with Crippen molar-refractivity contribution in [2.45, 2.75) is 19.4 Å². The first-order valence-electron chi connectivity index (χ1n) is 7.72. The fourth-order valence-electron chi connectivity index (χ4n) is 2.99. The average molecular weight is 340 g/mol. The largest absolute Gasteiger partial charge is 0.507 e. The van der Waals surface area contributed by atoms with Crippen molar-refractivity contribution >= 4 is 28.0 Å². The van der Waals surface area contributed by atoms with Crippen LogP contribution in [0.1, 0.15) is 19.4 Å². The van der Waals surface area contributed by atoms with E-state index in [0.717, 1.165) is 0 Å². The third kappa shape index (κ3) is 2.21. The molecule has 1 aliphatic rings. The second kappa shape index (κ2) is 4.92. The van der Waals surface area contributed by atoms with Gasteiger partial charge in [-0.05, 0) is 26.0 Å². The van der Waals surface area contributed by atoms with Gasteiger partial charge in [0.1, 0.15) is 28.1 Å². The molecule has 1 aromatic heterocycles. The molecule has 4 rings (SSSR count). The molecule has 6 heteroatoms. The van der Waals surface area contributed by atoms with Crippen LogP contribution in [0.25, 0.3) is 28.0 Å². The van der Waals surface area contributed by atoms with Crippen molar-refractivity contribution in [1.82, 2.24) is 0 Å². The molecule has 0 fully saturated rings. The van der Waals surface area contributed by atoms with Gasteiger partial charge in [0.05, 0.1) is 12.5 Å². The number of phenols is 2. The Bertz CT molecular complexity index is 1120. The second-order valence-corrected chi connectivity index (χ2v) is 6.51. The van der Waals surface area contributed by atoms with Crippen LogP contribution in [0.5, 0.6) is 23.0 Å². The van der Waals surface area contributed by atoms with E-state index in [0.29, 0.717) is 11.3 Å². The molecule has 3 aromatic rings. The van der Waals surface area contributed by atoms with Gasteiger partial charge in [-0.1, -0.05) is 6.08 Å². The zero-order chi connectivity index (χ0) is 17.9. The molecule has 0 saturated carbocycles. The highest BCUT2D eigenvalue weighted by atomic mass is 16.5. The van der Waals surface area contributed by atoms with Crippen molar-refractivity contribution in [3.05, 3.63) is 40.1 Å². The van der Waals surface area contributed by atoms with Gasteiger partial charge in [0, 0.05) is 17.7 Å². The SMILES string of the molecule is COc1cc(O)c2c(=O)c3cc4c(c(O)c3oc2c1)OC(C)(C)C=C4. The Hall–Kier alpha value is -3.15. The molecule has 2 aromatic carbocycles. The first-order valence-corrected chi connectivity index (χ1v) is 7.72. The van der Waals surface area contributed by atoms with Crippen LogP contribution in [0.15, 0.2) is 33.5 Å². The van der Waals surface area contributed by atoms with Crippen LogP contribution in [0.4, 0.5) is 0 Å². The minimum atomic E-state index is -0.587. The second-order valence-electron chi connectivity index (χ2n) is 6.51. The van der Waals surface area contributed by atoms with E-state index < -0.39 is 11.0 Å². The van der Waals surface area contributed by atoms with E-state index in [1.54, 1.807) is 12.1 Å². The van der Waals surface area contributed by atoms with Crippen LogP contribution in [0, 0.1) is 0 Å². The number of benzene rings is 2. The van der Waals surface area contributed by atoms with Crippen LogP contribution in [-0.2, 0) is 0 Å². The lowest BCUT2D eigenvalue weighted by Crippen LogP contribution is -2.27. The van der Waals surface area contributed by atoms with Crippen molar-refractivity contribution in [3.63, 3.8) is 0 Å². The maximum absolute atomic E-state index is 12.8. The molecule has 0 atom stereocenters. The first kappa shape index (κ1) is 15.4. The van der Waals surface area contributed by atoms with E-state index in [9.17, 15) is 15.0 Å². The molecule has 0 aliphatic carbocycles. The lowest BCUT2D eigenvalue weighted by atomic mass is 9.99. The maximum Gasteiger partial charge on any atom is 0.204 e. The van der Waals surface area contributed by atoms with Crippen molar-refractivity contribution in [2.75, 3.05) is 7.11 Å². The van der Waals surface area contributed by atoms with Gasteiger partial charge >= 0.3 is 0 Å². The summed E-state index contributed by atoms with van der Waals surface area (Å²) in [7, 11) is 1.44. The smallest absolute Gasteiger partial charge is 0.204 e. The van der Waals surface area contributed by atoms with E-state index >= 15 is 0 Å². The predicted molar refractivity (Wildman–Crippen MR) is 93.6 cm³/mol. The normalized spacial score (nSPS) is 15.2. The molecular weight excluding hydrogens is 324 g/mol. The quantitative estimate of drug-likeness (QED) is 0.659. The molecule has 0 unspecified atom stereocenters. The summed E-state index contributed by atoms with van der Waals surface area (Å²) in [5, 5.41) is 21.0. The zero-order valence-electron chi connectivity index (χ0n) is 13.9. The standard InChI is InChI=1S/C19H16O6/c1-19(2)5-4-9-6-11-15(21)14-12(20)7-10(23-3)8-13(14)24-18(11)16(22)17(9)25-19/h4-8,20,22H,1-3H3. The Labute approximate surface area is 142 Å². The fraction of sp³-hybridized carbons (Fsp3) is 0.211. The van der Waals surface area contributed by atoms with Crippen molar-refractivity contribution in [3.8, 4) is 23.0 Å². The molecular formula is C19H16O6. The lowest BCUT2D eigenvalue weighted by molar-refractivity contribution is 0.153. The van der Waals surface area contributed by atoms with Gasteiger partial charge in [0.15, 0.2) is 11.3 Å². The van der Waals surface area contributed by atoms with Gasteiger partial charge in [0.25, 0.3) is 0 Å². The number of ether oxygens (including phenoxy) is 2. The van der Waals surface area contributed by atoms with Crippen LogP contribution in [-0.4, -0.2) is 22.9 Å². The van der Waals surface area contributed by atoms with Gasteiger partial charge < -0.3 is 24.1 Å². The summed E-state index contributed by atoms with van der Waals surface area (Å²) >= 11 is 0. The minimum absolute atomic E-state index is 0.00926. The molecule has 25 heavy (non-hydrogen) atoms. The summed E-state index contributed by atoms with van der Waals surface area (Å²) < 4.78 is 16.6. The molecule has 2 heterocycles. The Balaban J connectivity index is 2.14. The Kier molecular flexibility index (Phi) is 3.03. The van der Waals surface area contributed by atoms with E-state index in [1.807, 2.05) is 19.9 Å². The van der Waals surface area contributed by atoms with Crippen LogP contribution in [0.2, 0.25) is 0 Å². The monoisotopic (exact) mass is 340 g/mol. The van der Waals surface area contributed by atoms with Gasteiger partial charge in [-0.3, -0.25) is 4.79 Å². The highest BCUT2D eigenvalue weighted by Crippen LogP contribution is 2.43. The van der Waals surface area contributed by atoms with E-state index in [1.165, 1.54) is 19.2 Å². The molecule has 0 amide bonds. The van der Waals surface area contributed by atoms with E-state index in [-0.39, 0.29) is 39.2 Å². The number of fused-ring (bicyclic) bond motifs is 3. The summed E-state index contributed by atoms with van der Waals surface area (Å²) in [6.45, 7) is 3.71. The van der Waals surface area contributed by atoms with Crippen LogP contribution < -0.4 is 14.9 Å². The number of hydrogen-bond donors (Lipinski definition) is 2. The number of aromatic hydroxyl groups is 2. The molecule has 0 saturated heterocycles.